The molecule has 1 fully saturated rings. The van der Waals surface area contributed by atoms with Crippen LogP contribution in [0.5, 0.6) is 0 Å². The largest absolute Gasteiger partial charge is 0.354 e. The zero-order valence-electron chi connectivity index (χ0n) is 13.4. The summed E-state index contributed by atoms with van der Waals surface area (Å²) < 4.78 is 0. The van der Waals surface area contributed by atoms with Crippen molar-refractivity contribution in [3.05, 3.63) is 21.9 Å². The molecule has 1 heterocycles. The molecule has 0 aliphatic heterocycles. The van der Waals surface area contributed by atoms with E-state index in [1.165, 1.54) is 49.0 Å². The average Bonchev–Trinajstić information content (AvgIpc) is 2.87. The van der Waals surface area contributed by atoms with Gasteiger partial charge in [-0.15, -0.1) is 11.3 Å². The molecule has 3 nitrogen and oxygen atoms in total. The molecule has 0 aromatic carbocycles. The third-order valence-corrected chi connectivity index (χ3v) is 6.08. The number of fused-ring (bicyclic) bond motifs is 1. The molecule has 4 heteroatoms. The number of aryl methyl sites for hydroxylation is 1. The minimum atomic E-state index is 0.0906. The van der Waals surface area contributed by atoms with Gasteiger partial charge >= 0.3 is 0 Å². The van der Waals surface area contributed by atoms with Crippen LogP contribution in [0.25, 0.3) is 0 Å². The van der Waals surface area contributed by atoms with Crippen molar-refractivity contribution >= 4 is 17.2 Å². The quantitative estimate of drug-likeness (QED) is 0.643. The summed E-state index contributed by atoms with van der Waals surface area (Å²) in [4.78, 5) is 13.9. The fourth-order valence-electron chi connectivity index (χ4n) is 3.83. The van der Waals surface area contributed by atoms with E-state index in [0.29, 0.717) is 6.04 Å². The van der Waals surface area contributed by atoms with E-state index in [9.17, 15) is 4.79 Å². The van der Waals surface area contributed by atoms with Crippen molar-refractivity contribution in [1.29, 1.82) is 0 Å². The van der Waals surface area contributed by atoms with Gasteiger partial charge in [0, 0.05) is 24.0 Å². The van der Waals surface area contributed by atoms with Crippen molar-refractivity contribution in [2.75, 3.05) is 13.1 Å². The van der Waals surface area contributed by atoms with E-state index in [-0.39, 0.29) is 11.8 Å². The lowest BCUT2D eigenvalue weighted by Crippen LogP contribution is -2.39. The highest BCUT2D eigenvalue weighted by atomic mass is 32.1. The van der Waals surface area contributed by atoms with Gasteiger partial charge in [0.05, 0.1) is 5.92 Å². The Morgan fingerprint density at radius 3 is 2.73 bits per heavy atom. The van der Waals surface area contributed by atoms with Crippen LogP contribution >= 0.6 is 11.3 Å². The van der Waals surface area contributed by atoms with E-state index in [1.807, 2.05) is 0 Å². The Bertz CT molecular complexity index is 477. The first kappa shape index (κ1) is 16.0. The van der Waals surface area contributed by atoms with Crippen LogP contribution < -0.4 is 10.6 Å². The number of rotatable bonds is 5. The van der Waals surface area contributed by atoms with E-state index in [0.717, 1.165) is 32.4 Å². The topological polar surface area (TPSA) is 41.1 Å². The lowest BCUT2D eigenvalue weighted by Gasteiger charge is -2.22. The molecule has 0 bridgehead atoms. The third-order valence-electron chi connectivity index (χ3n) is 5.08. The van der Waals surface area contributed by atoms with E-state index in [4.69, 9.17) is 0 Å². The van der Waals surface area contributed by atoms with Crippen LogP contribution in [0.2, 0.25) is 0 Å². The predicted molar refractivity (Wildman–Crippen MR) is 92.5 cm³/mol. The normalized spacial score (nSPS) is 22.8. The van der Waals surface area contributed by atoms with E-state index in [2.05, 4.69) is 22.1 Å². The summed E-state index contributed by atoms with van der Waals surface area (Å²) >= 11 is 1.80. The van der Waals surface area contributed by atoms with Gasteiger partial charge in [0.25, 0.3) is 0 Å². The second kappa shape index (κ2) is 8.11. The van der Waals surface area contributed by atoms with Crippen LogP contribution in [0.1, 0.15) is 67.7 Å². The Labute approximate surface area is 137 Å². The lowest BCUT2D eigenvalue weighted by atomic mass is 9.87. The molecule has 2 aliphatic carbocycles. The number of carbonyl (C=O) groups excluding carboxylic acids is 1. The van der Waals surface area contributed by atoms with Crippen LogP contribution in [-0.2, 0) is 11.2 Å². The number of carbonyl (C=O) groups is 1. The SMILES string of the molecule is O=C(NCCNC1CCCCCC1)C1CCCc2sccc21. The molecule has 1 amide bonds. The molecule has 2 aliphatic rings. The second-order valence-corrected chi connectivity index (χ2v) is 7.68. The molecule has 22 heavy (non-hydrogen) atoms. The molecule has 1 atom stereocenters. The highest BCUT2D eigenvalue weighted by molar-refractivity contribution is 7.10. The molecule has 2 N–H and O–H groups in total. The summed E-state index contributed by atoms with van der Waals surface area (Å²) in [7, 11) is 0. The molecule has 3 rings (SSSR count). The summed E-state index contributed by atoms with van der Waals surface area (Å²) in [6.07, 6.45) is 11.4. The molecule has 1 unspecified atom stereocenters. The first-order valence-electron chi connectivity index (χ1n) is 8.92. The van der Waals surface area contributed by atoms with Gasteiger partial charge in [-0.1, -0.05) is 25.7 Å². The van der Waals surface area contributed by atoms with Crippen LogP contribution in [-0.4, -0.2) is 25.0 Å². The Morgan fingerprint density at radius 2 is 1.91 bits per heavy atom. The molecule has 0 radical (unpaired) electrons. The molecule has 122 valence electrons. The van der Waals surface area contributed by atoms with Gasteiger partial charge in [-0.2, -0.15) is 0 Å². The van der Waals surface area contributed by atoms with Crippen molar-refractivity contribution in [2.45, 2.75) is 69.7 Å². The third kappa shape index (κ3) is 4.11. The predicted octanol–water partition coefficient (Wildman–Crippen LogP) is 3.60. The highest BCUT2D eigenvalue weighted by Crippen LogP contribution is 2.34. The van der Waals surface area contributed by atoms with Crippen molar-refractivity contribution < 1.29 is 4.79 Å². The maximum atomic E-state index is 12.4. The number of amides is 1. The Hall–Kier alpha value is -0.870. The van der Waals surface area contributed by atoms with Gasteiger partial charge < -0.3 is 10.6 Å². The zero-order chi connectivity index (χ0) is 15.2. The number of thiophene rings is 1. The first-order valence-corrected chi connectivity index (χ1v) is 9.80. The molecule has 1 aromatic heterocycles. The molecule has 0 saturated heterocycles. The maximum absolute atomic E-state index is 12.4. The van der Waals surface area contributed by atoms with Crippen molar-refractivity contribution in [1.82, 2.24) is 10.6 Å². The monoisotopic (exact) mass is 320 g/mol. The van der Waals surface area contributed by atoms with Gasteiger partial charge in [-0.05, 0) is 49.1 Å². The van der Waals surface area contributed by atoms with Crippen LogP contribution in [0.3, 0.4) is 0 Å². The van der Waals surface area contributed by atoms with Crippen LogP contribution in [0, 0.1) is 0 Å². The van der Waals surface area contributed by atoms with E-state index >= 15 is 0 Å². The molecular formula is C18H28N2OS. The lowest BCUT2D eigenvalue weighted by molar-refractivity contribution is -0.122. The Kier molecular flexibility index (Phi) is 5.90. The second-order valence-electron chi connectivity index (χ2n) is 6.68. The number of hydrogen-bond acceptors (Lipinski definition) is 3. The summed E-state index contributed by atoms with van der Waals surface area (Å²) in [5.74, 6) is 0.315. The molecule has 1 aromatic rings. The Balaban J connectivity index is 1.40. The van der Waals surface area contributed by atoms with Gasteiger partial charge in [0.2, 0.25) is 5.91 Å². The maximum Gasteiger partial charge on any atom is 0.227 e. The molecular weight excluding hydrogens is 292 g/mol. The average molecular weight is 321 g/mol. The van der Waals surface area contributed by atoms with Crippen LogP contribution in [0.15, 0.2) is 11.4 Å². The fraction of sp³-hybridized carbons (Fsp3) is 0.722. The van der Waals surface area contributed by atoms with E-state index < -0.39 is 0 Å². The van der Waals surface area contributed by atoms with Crippen molar-refractivity contribution in [3.63, 3.8) is 0 Å². The minimum absolute atomic E-state index is 0.0906. The summed E-state index contributed by atoms with van der Waals surface area (Å²) in [6, 6.07) is 2.81. The van der Waals surface area contributed by atoms with Gasteiger partial charge in [-0.25, -0.2) is 0 Å². The molecule has 0 spiro atoms. The van der Waals surface area contributed by atoms with Gasteiger partial charge in [-0.3, -0.25) is 4.79 Å². The fourth-order valence-corrected chi connectivity index (χ4v) is 4.81. The van der Waals surface area contributed by atoms with E-state index in [1.54, 1.807) is 11.3 Å². The van der Waals surface area contributed by atoms with Crippen LogP contribution in [0.4, 0.5) is 0 Å². The highest BCUT2D eigenvalue weighted by Gasteiger charge is 2.26. The summed E-state index contributed by atoms with van der Waals surface area (Å²) in [5, 5.41) is 8.89. The smallest absolute Gasteiger partial charge is 0.227 e. The van der Waals surface area contributed by atoms with Crippen molar-refractivity contribution in [2.24, 2.45) is 0 Å². The minimum Gasteiger partial charge on any atom is -0.354 e. The first-order chi connectivity index (χ1) is 10.8. The number of nitrogens with one attached hydrogen (secondary N) is 2. The zero-order valence-corrected chi connectivity index (χ0v) is 14.2. The number of hydrogen-bond donors (Lipinski definition) is 2. The standard InChI is InChI=1S/C18H28N2OS/c21-18(16-8-5-9-17-15(16)10-13-22-17)20-12-11-19-14-6-3-1-2-4-7-14/h10,13-14,16,19H,1-9,11-12H2,(H,20,21). The van der Waals surface area contributed by atoms with Crippen molar-refractivity contribution in [3.8, 4) is 0 Å². The van der Waals surface area contributed by atoms with Gasteiger partial charge in [0.15, 0.2) is 0 Å². The Morgan fingerprint density at radius 1 is 1.09 bits per heavy atom. The summed E-state index contributed by atoms with van der Waals surface area (Å²) in [5.41, 5.74) is 1.28. The van der Waals surface area contributed by atoms with Gasteiger partial charge in [0.1, 0.15) is 0 Å². The molecule has 1 saturated carbocycles. The summed E-state index contributed by atoms with van der Waals surface area (Å²) in [6.45, 7) is 1.66.